The molecule has 1 saturated carbocycles. The van der Waals surface area contributed by atoms with Gasteiger partial charge in [0.25, 0.3) is 0 Å². The molecule has 0 aromatic heterocycles. The van der Waals surface area contributed by atoms with Crippen molar-refractivity contribution in [1.29, 1.82) is 0 Å². The predicted molar refractivity (Wildman–Crippen MR) is 70.5 cm³/mol. The molecule has 0 bridgehead atoms. The van der Waals surface area contributed by atoms with Crippen molar-refractivity contribution >= 4 is 5.78 Å². The molecule has 98 valence electrons. The molecule has 0 atom stereocenters. The SMILES string of the molecule is COc1cc(C2(C(C)=O)CCC2)c(OC)cc1C. The first-order valence-electron chi connectivity index (χ1n) is 6.29. The quantitative estimate of drug-likeness (QED) is 0.821. The van der Waals surface area contributed by atoms with Crippen LogP contribution in [0.15, 0.2) is 12.1 Å². The van der Waals surface area contributed by atoms with E-state index in [4.69, 9.17) is 9.47 Å². The molecule has 0 heterocycles. The fraction of sp³-hybridized carbons (Fsp3) is 0.533. The lowest BCUT2D eigenvalue weighted by Gasteiger charge is -2.41. The molecule has 1 aliphatic rings. The van der Waals surface area contributed by atoms with E-state index in [0.29, 0.717) is 0 Å². The minimum Gasteiger partial charge on any atom is -0.496 e. The van der Waals surface area contributed by atoms with Crippen LogP contribution in [0.5, 0.6) is 11.5 Å². The third-order valence-corrected chi connectivity index (χ3v) is 4.11. The maximum Gasteiger partial charge on any atom is 0.140 e. The van der Waals surface area contributed by atoms with Crippen LogP contribution in [0.25, 0.3) is 0 Å². The number of rotatable bonds is 4. The lowest BCUT2D eigenvalue weighted by atomic mass is 9.62. The summed E-state index contributed by atoms with van der Waals surface area (Å²) in [6, 6.07) is 3.92. The molecule has 0 amide bonds. The van der Waals surface area contributed by atoms with Crippen molar-refractivity contribution in [3.63, 3.8) is 0 Å². The first-order chi connectivity index (χ1) is 8.55. The summed E-state index contributed by atoms with van der Waals surface area (Å²) in [6.45, 7) is 3.65. The summed E-state index contributed by atoms with van der Waals surface area (Å²) < 4.78 is 10.8. The fourth-order valence-electron chi connectivity index (χ4n) is 2.77. The normalized spacial score (nSPS) is 16.9. The summed E-state index contributed by atoms with van der Waals surface area (Å²) in [6.07, 6.45) is 2.91. The first-order valence-corrected chi connectivity index (χ1v) is 6.29. The van der Waals surface area contributed by atoms with Crippen LogP contribution in [0.3, 0.4) is 0 Å². The minimum absolute atomic E-state index is 0.220. The van der Waals surface area contributed by atoms with E-state index < -0.39 is 0 Å². The van der Waals surface area contributed by atoms with Gasteiger partial charge in [-0.2, -0.15) is 0 Å². The van der Waals surface area contributed by atoms with Gasteiger partial charge in [-0.25, -0.2) is 0 Å². The average molecular weight is 248 g/mol. The Labute approximate surface area is 108 Å². The molecule has 1 aromatic rings. The topological polar surface area (TPSA) is 35.5 Å². The third kappa shape index (κ3) is 1.78. The molecule has 3 heteroatoms. The van der Waals surface area contributed by atoms with Crippen molar-refractivity contribution in [2.45, 2.75) is 38.5 Å². The number of aryl methyl sites for hydroxylation is 1. The number of ketones is 1. The summed E-state index contributed by atoms with van der Waals surface area (Å²) in [5, 5.41) is 0. The molecule has 0 saturated heterocycles. The summed E-state index contributed by atoms with van der Waals surface area (Å²) >= 11 is 0. The van der Waals surface area contributed by atoms with Crippen LogP contribution in [0, 0.1) is 6.92 Å². The standard InChI is InChI=1S/C15H20O3/c1-10-8-14(18-4)12(9-13(10)17-3)15(11(2)16)6-5-7-15/h8-9H,5-7H2,1-4H3. The lowest BCUT2D eigenvalue weighted by molar-refractivity contribution is -0.125. The number of hydrogen-bond acceptors (Lipinski definition) is 3. The molecule has 0 radical (unpaired) electrons. The number of methoxy groups -OCH3 is 2. The highest BCUT2D eigenvalue weighted by atomic mass is 16.5. The summed E-state index contributed by atoms with van der Waals surface area (Å²) in [7, 11) is 3.30. The molecule has 18 heavy (non-hydrogen) atoms. The Morgan fingerprint density at radius 2 is 1.78 bits per heavy atom. The zero-order chi connectivity index (χ0) is 13.3. The molecule has 1 aromatic carbocycles. The highest BCUT2D eigenvalue weighted by Crippen LogP contribution is 2.49. The number of hydrogen-bond donors (Lipinski definition) is 0. The Morgan fingerprint density at radius 1 is 1.17 bits per heavy atom. The second kappa shape index (κ2) is 4.63. The van der Waals surface area contributed by atoms with Gasteiger partial charge >= 0.3 is 0 Å². The van der Waals surface area contributed by atoms with E-state index in [1.54, 1.807) is 21.1 Å². The summed E-state index contributed by atoms with van der Waals surface area (Å²) in [4.78, 5) is 12.0. The molecule has 0 aliphatic heterocycles. The predicted octanol–water partition coefficient (Wildman–Crippen LogP) is 3.02. The second-order valence-corrected chi connectivity index (χ2v) is 5.01. The van der Waals surface area contributed by atoms with E-state index in [2.05, 4.69) is 0 Å². The van der Waals surface area contributed by atoms with E-state index >= 15 is 0 Å². The van der Waals surface area contributed by atoms with Gasteiger partial charge in [-0.15, -0.1) is 0 Å². The second-order valence-electron chi connectivity index (χ2n) is 5.01. The van der Waals surface area contributed by atoms with Crippen LogP contribution in [-0.4, -0.2) is 20.0 Å². The highest BCUT2D eigenvalue weighted by molar-refractivity contribution is 5.90. The molecule has 1 aliphatic carbocycles. The van der Waals surface area contributed by atoms with Gasteiger partial charge in [0.2, 0.25) is 0 Å². The van der Waals surface area contributed by atoms with Crippen molar-refractivity contribution in [3.05, 3.63) is 23.3 Å². The number of carbonyl (C=O) groups is 1. The van der Waals surface area contributed by atoms with Crippen LogP contribution in [0.4, 0.5) is 0 Å². The average Bonchev–Trinajstić information content (AvgIpc) is 2.28. The van der Waals surface area contributed by atoms with Gasteiger partial charge in [-0.3, -0.25) is 4.79 Å². The van der Waals surface area contributed by atoms with Crippen molar-refractivity contribution in [2.24, 2.45) is 0 Å². The van der Waals surface area contributed by atoms with Crippen molar-refractivity contribution in [2.75, 3.05) is 14.2 Å². The van der Waals surface area contributed by atoms with E-state index in [9.17, 15) is 4.79 Å². The highest BCUT2D eigenvalue weighted by Gasteiger charge is 2.45. The smallest absolute Gasteiger partial charge is 0.140 e. The lowest BCUT2D eigenvalue weighted by Crippen LogP contribution is -2.41. The summed E-state index contributed by atoms with van der Waals surface area (Å²) in [5.74, 6) is 1.83. The fourth-order valence-corrected chi connectivity index (χ4v) is 2.77. The van der Waals surface area contributed by atoms with Crippen molar-refractivity contribution in [1.82, 2.24) is 0 Å². The van der Waals surface area contributed by atoms with Gasteiger partial charge in [0, 0.05) is 5.56 Å². The Morgan fingerprint density at radius 3 is 2.17 bits per heavy atom. The van der Waals surface area contributed by atoms with Crippen LogP contribution >= 0.6 is 0 Å². The number of benzene rings is 1. The molecule has 2 rings (SSSR count). The van der Waals surface area contributed by atoms with Crippen LogP contribution < -0.4 is 9.47 Å². The van der Waals surface area contributed by atoms with Crippen LogP contribution in [-0.2, 0) is 10.2 Å². The van der Waals surface area contributed by atoms with E-state index in [1.165, 1.54) is 0 Å². The van der Waals surface area contributed by atoms with Crippen molar-refractivity contribution in [3.8, 4) is 11.5 Å². The maximum absolute atomic E-state index is 12.0. The van der Waals surface area contributed by atoms with Crippen molar-refractivity contribution < 1.29 is 14.3 Å². The van der Waals surface area contributed by atoms with Gasteiger partial charge < -0.3 is 9.47 Å². The molecule has 3 nitrogen and oxygen atoms in total. The Hall–Kier alpha value is -1.51. The molecule has 0 N–H and O–H groups in total. The third-order valence-electron chi connectivity index (χ3n) is 4.11. The van der Waals surface area contributed by atoms with Gasteiger partial charge in [0.1, 0.15) is 17.3 Å². The maximum atomic E-state index is 12.0. The Kier molecular flexibility index (Phi) is 3.33. The molecule has 0 spiro atoms. The zero-order valence-electron chi connectivity index (χ0n) is 11.5. The van der Waals surface area contributed by atoms with E-state index in [0.717, 1.165) is 41.9 Å². The molecule has 1 fully saturated rings. The molecular weight excluding hydrogens is 228 g/mol. The Bertz CT molecular complexity index is 473. The number of Topliss-reactive ketones (excluding diaryl/α,β-unsaturated/α-hetero) is 1. The van der Waals surface area contributed by atoms with Gasteiger partial charge in [0.15, 0.2) is 0 Å². The minimum atomic E-state index is -0.355. The van der Waals surface area contributed by atoms with Crippen LogP contribution in [0.2, 0.25) is 0 Å². The van der Waals surface area contributed by atoms with Crippen LogP contribution in [0.1, 0.15) is 37.3 Å². The Balaban J connectivity index is 2.58. The first kappa shape index (κ1) is 12.9. The molecule has 0 unspecified atom stereocenters. The summed E-state index contributed by atoms with van der Waals surface area (Å²) in [5.41, 5.74) is 1.65. The molecular formula is C15H20O3. The van der Waals surface area contributed by atoms with Gasteiger partial charge in [-0.1, -0.05) is 6.42 Å². The largest absolute Gasteiger partial charge is 0.496 e. The monoisotopic (exact) mass is 248 g/mol. The van der Waals surface area contributed by atoms with Gasteiger partial charge in [0.05, 0.1) is 19.6 Å². The number of carbonyl (C=O) groups excluding carboxylic acids is 1. The van der Waals surface area contributed by atoms with E-state index in [1.807, 2.05) is 19.1 Å². The van der Waals surface area contributed by atoms with E-state index in [-0.39, 0.29) is 11.2 Å². The van der Waals surface area contributed by atoms with Gasteiger partial charge in [-0.05, 0) is 44.4 Å². The number of ether oxygens (including phenoxy) is 2. The zero-order valence-corrected chi connectivity index (χ0v) is 11.5.